The summed E-state index contributed by atoms with van der Waals surface area (Å²) in [6.07, 6.45) is 34.0. The molecule has 264 valence electrons. The molecule has 0 spiro atoms. The molecule has 7 nitrogen and oxygen atoms in total. The first-order chi connectivity index (χ1) is 21.9. The summed E-state index contributed by atoms with van der Waals surface area (Å²) in [5, 5.41) is 11.8. The Morgan fingerprint density at radius 2 is 0.778 bits per heavy atom. The molecule has 1 amide bonds. The predicted molar refractivity (Wildman–Crippen MR) is 185 cm³/mol. The highest BCUT2D eigenvalue weighted by atomic mass is 16.6. The van der Waals surface area contributed by atoms with Gasteiger partial charge in [-0.1, -0.05) is 181 Å². The van der Waals surface area contributed by atoms with Crippen molar-refractivity contribution in [2.24, 2.45) is 0 Å². The second kappa shape index (κ2) is 33.4. The van der Waals surface area contributed by atoms with E-state index in [4.69, 9.17) is 4.74 Å². The van der Waals surface area contributed by atoms with Crippen molar-refractivity contribution in [2.45, 2.75) is 219 Å². The maximum Gasteiger partial charge on any atom is 0.326 e. The zero-order chi connectivity index (χ0) is 33.2. The number of nitrogens with one attached hydrogen (secondary N) is 1. The molecule has 0 rings (SSSR count). The summed E-state index contributed by atoms with van der Waals surface area (Å²) in [6.45, 7) is 4.49. The van der Waals surface area contributed by atoms with E-state index >= 15 is 0 Å². The summed E-state index contributed by atoms with van der Waals surface area (Å²) in [5.74, 6) is -3.23. The van der Waals surface area contributed by atoms with E-state index in [1.165, 1.54) is 128 Å². The van der Waals surface area contributed by atoms with Gasteiger partial charge in [-0.3, -0.25) is 14.4 Å². The van der Waals surface area contributed by atoms with E-state index in [1.54, 1.807) is 0 Å². The number of carboxylic acid groups (broad SMARTS) is 1. The maximum absolute atomic E-state index is 12.2. The van der Waals surface area contributed by atoms with Crippen LogP contribution in [-0.4, -0.2) is 35.0 Å². The number of amides is 1. The molecule has 0 saturated carbocycles. The van der Waals surface area contributed by atoms with E-state index in [-0.39, 0.29) is 18.7 Å². The first-order valence-corrected chi connectivity index (χ1v) is 19.2. The zero-order valence-electron chi connectivity index (χ0n) is 29.5. The van der Waals surface area contributed by atoms with Gasteiger partial charge in [-0.25, -0.2) is 4.79 Å². The van der Waals surface area contributed by atoms with Crippen molar-refractivity contribution in [3.05, 3.63) is 0 Å². The molecule has 45 heavy (non-hydrogen) atoms. The molecule has 0 aliphatic carbocycles. The van der Waals surface area contributed by atoms with Crippen molar-refractivity contribution in [2.75, 3.05) is 0 Å². The molecule has 0 aromatic rings. The molecule has 0 heterocycles. The van der Waals surface area contributed by atoms with E-state index in [0.29, 0.717) is 12.8 Å². The molecule has 1 atom stereocenters. The van der Waals surface area contributed by atoms with Gasteiger partial charge in [-0.2, -0.15) is 0 Å². The molecule has 2 N–H and O–H groups in total. The fraction of sp³-hybridized carbons (Fsp3) is 0.895. The van der Waals surface area contributed by atoms with Gasteiger partial charge in [0.1, 0.15) is 6.04 Å². The molecule has 0 aliphatic heterocycles. The minimum Gasteiger partial charge on any atom is -0.480 e. The van der Waals surface area contributed by atoms with Gasteiger partial charge >= 0.3 is 17.9 Å². The topological polar surface area (TPSA) is 110 Å². The highest BCUT2D eigenvalue weighted by Crippen LogP contribution is 2.15. The Hall–Kier alpha value is -1.92. The minimum atomic E-state index is -1.38. The molecule has 0 unspecified atom stereocenters. The summed E-state index contributed by atoms with van der Waals surface area (Å²) < 4.78 is 4.82. The summed E-state index contributed by atoms with van der Waals surface area (Å²) in [5.41, 5.74) is 0. The van der Waals surface area contributed by atoms with Crippen molar-refractivity contribution >= 4 is 23.8 Å². The number of hydrogen-bond donors (Lipinski definition) is 2. The fourth-order valence-electron chi connectivity index (χ4n) is 5.80. The van der Waals surface area contributed by atoms with Crippen molar-refractivity contribution in [3.8, 4) is 0 Å². The fourth-order valence-corrected chi connectivity index (χ4v) is 5.80. The number of carbonyl (C=O) groups excluding carboxylic acids is 3. The molecule has 0 aliphatic rings. The quantitative estimate of drug-likeness (QED) is 0.0413. The Morgan fingerprint density at radius 3 is 1.11 bits per heavy atom. The number of rotatable bonds is 34. The van der Waals surface area contributed by atoms with Gasteiger partial charge in [0.15, 0.2) is 0 Å². The van der Waals surface area contributed by atoms with Gasteiger partial charge in [-0.05, 0) is 12.8 Å². The molecule has 0 radical (unpaired) electrons. The molecule has 0 aromatic carbocycles. The Balaban J connectivity index is 3.75. The van der Waals surface area contributed by atoms with Gasteiger partial charge in [0.25, 0.3) is 0 Å². The molecule has 0 aromatic heterocycles. The van der Waals surface area contributed by atoms with E-state index < -0.39 is 30.4 Å². The van der Waals surface area contributed by atoms with Crippen LogP contribution in [0.25, 0.3) is 0 Å². The normalized spacial score (nSPS) is 11.8. The SMILES string of the molecule is CCCCCCCCCCCCCCCCCC(=O)OC(=O)C[C@H](NC(=O)CCCCCCCCCCCCCCC)C(=O)O. The highest BCUT2D eigenvalue weighted by Gasteiger charge is 2.25. The molecule has 0 fully saturated rings. The Morgan fingerprint density at radius 1 is 0.467 bits per heavy atom. The van der Waals surface area contributed by atoms with Crippen molar-refractivity contribution in [1.29, 1.82) is 0 Å². The molecule has 7 heteroatoms. The van der Waals surface area contributed by atoms with Crippen LogP contribution >= 0.6 is 0 Å². The number of unbranched alkanes of at least 4 members (excludes halogenated alkanes) is 26. The van der Waals surface area contributed by atoms with Crippen LogP contribution in [0.4, 0.5) is 0 Å². The number of carboxylic acids is 1. The zero-order valence-corrected chi connectivity index (χ0v) is 29.5. The average molecular weight is 638 g/mol. The lowest BCUT2D eigenvalue weighted by Gasteiger charge is -2.13. The van der Waals surface area contributed by atoms with Crippen LogP contribution in [0.2, 0.25) is 0 Å². The third-order valence-electron chi connectivity index (χ3n) is 8.72. The summed E-state index contributed by atoms with van der Waals surface area (Å²) in [7, 11) is 0. The third-order valence-corrected chi connectivity index (χ3v) is 8.72. The molecular formula is C38H71NO6. The van der Waals surface area contributed by atoms with Crippen molar-refractivity contribution in [3.63, 3.8) is 0 Å². The van der Waals surface area contributed by atoms with E-state index in [1.807, 2.05) is 0 Å². The van der Waals surface area contributed by atoms with Crippen LogP contribution in [0.5, 0.6) is 0 Å². The van der Waals surface area contributed by atoms with Gasteiger partial charge in [0.2, 0.25) is 5.91 Å². The predicted octanol–water partition coefficient (Wildman–Crippen LogP) is 10.8. The monoisotopic (exact) mass is 638 g/mol. The van der Waals surface area contributed by atoms with Gasteiger partial charge in [-0.15, -0.1) is 0 Å². The Kier molecular flexibility index (Phi) is 32.0. The smallest absolute Gasteiger partial charge is 0.326 e. The lowest BCUT2D eigenvalue weighted by molar-refractivity contribution is -0.161. The van der Waals surface area contributed by atoms with Gasteiger partial charge in [0, 0.05) is 12.8 Å². The standard InChI is InChI=1S/C38H71NO6/c1-3-5-7-9-11-13-15-17-18-20-22-24-26-28-30-32-36(41)45-37(42)33-34(38(43)44)39-35(40)31-29-27-25-23-21-19-16-14-12-10-8-6-4-2/h34H,3-33H2,1-2H3,(H,39,40)(H,43,44)/t34-/m0/s1. The van der Waals surface area contributed by atoms with Crippen LogP contribution in [-0.2, 0) is 23.9 Å². The summed E-state index contributed by atoms with van der Waals surface area (Å²) in [6, 6.07) is -1.38. The van der Waals surface area contributed by atoms with Crippen LogP contribution in [0.3, 0.4) is 0 Å². The number of ether oxygens (including phenoxy) is 1. The molecular weight excluding hydrogens is 566 g/mol. The Labute approximate surface area is 276 Å². The maximum atomic E-state index is 12.2. The summed E-state index contributed by atoms with van der Waals surface area (Å²) >= 11 is 0. The number of esters is 2. The minimum absolute atomic E-state index is 0.146. The first kappa shape index (κ1) is 43.1. The highest BCUT2D eigenvalue weighted by molar-refractivity contribution is 5.90. The third kappa shape index (κ3) is 31.8. The Bertz CT molecular complexity index is 725. The van der Waals surface area contributed by atoms with Crippen LogP contribution in [0.1, 0.15) is 213 Å². The summed E-state index contributed by atoms with van der Waals surface area (Å²) in [4.78, 5) is 48.0. The van der Waals surface area contributed by atoms with E-state index in [9.17, 15) is 24.3 Å². The second-order valence-corrected chi connectivity index (χ2v) is 13.2. The van der Waals surface area contributed by atoms with Crippen LogP contribution in [0.15, 0.2) is 0 Å². The second-order valence-electron chi connectivity index (χ2n) is 13.2. The number of aliphatic carboxylic acids is 1. The first-order valence-electron chi connectivity index (χ1n) is 19.2. The lowest BCUT2D eigenvalue weighted by Crippen LogP contribution is -2.42. The van der Waals surface area contributed by atoms with Gasteiger partial charge in [0.05, 0.1) is 6.42 Å². The van der Waals surface area contributed by atoms with E-state index in [2.05, 4.69) is 19.2 Å². The van der Waals surface area contributed by atoms with Crippen molar-refractivity contribution < 1.29 is 29.0 Å². The average Bonchev–Trinajstić information content (AvgIpc) is 3.01. The molecule has 0 saturated heterocycles. The lowest BCUT2D eigenvalue weighted by atomic mass is 10.0. The molecule has 0 bridgehead atoms. The largest absolute Gasteiger partial charge is 0.480 e. The number of carbonyl (C=O) groups is 4. The van der Waals surface area contributed by atoms with Gasteiger partial charge < -0.3 is 15.2 Å². The van der Waals surface area contributed by atoms with Crippen LogP contribution < -0.4 is 5.32 Å². The van der Waals surface area contributed by atoms with Crippen LogP contribution in [0, 0.1) is 0 Å². The van der Waals surface area contributed by atoms with E-state index in [0.717, 1.165) is 38.5 Å². The number of hydrogen-bond acceptors (Lipinski definition) is 5. The van der Waals surface area contributed by atoms with Crippen molar-refractivity contribution in [1.82, 2.24) is 5.32 Å².